The molecule has 0 bridgehead atoms. The number of sulfonamides is 1. The van der Waals surface area contributed by atoms with Crippen molar-refractivity contribution in [3.63, 3.8) is 0 Å². The van der Waals surface area contributed by atoms with Crippen LogP contribution in [0.3, 0.4) is 0 Å². The molecule has 3 heterocycles. The lowest BCUT2D eigenvalue weighted by Gasteiger charge is -2.19. The number of imidazole rings is 1. The van der Waals surface area contributed by atoms with Crippen LogP contribution in [0.4, 0.5) is 10.1 Å². The highest BCUT2D eigenvalue weighted by molar-refractivity contribution is 7.91. The number of benzene rings is 2. The van der Waals surface area contributed by atoms with Gasteiger partial charge in [0.05, 0.1) is 12.2 Å². The van der Waals surface area contributed by atoms with Crippen molar-refractivity contribution >= 4 is 54.6 Å². The zero-order chi connectivity index (χ0) is 25.6. The van der Waals surface area contributed by atoms with Crippen LogP contribution in [-0.4, -0.2) is 55.5 Å². The number of thiophene rings is 1. The van der Waals surface area contributed by atoms with Gasteiger partial charge < -0.3 is 14.4 Å². The number of anilines is 1. The van der Waals surface area contributed by atoms with E-state index in [-0.39, 0.29) is 22.9 Å². The van der Waals surface area contributed by atoms with E-state index in [9.17, 15) is 13.2 Å². The van der Waals surface area contributed by atoms with Crippen LogP contribution in [0.25, 0.3) is 15.8 Å². The van der Waals surface area contributed by atoms with Gasteiger partial charge in [-0.05, 0) is 56.2 Å². The van der Waals surface area contributed by atoms with Gasteiger partial charge in [-0.2, -0.15) is 4.72 Å². The van der Waals surface area contributed by atoms with Crippen LogP contribution < -0.4 is 9.62 Å². The van der Waals surface area contributed by atoms with Gasteiger partial charge >= 0.3 is 0 Å². The van der Waals surface area contributed by atoms with E-state index in [0.29, 0.717) is 17.3 Å². The molecule has 188 valence electrons. The molecule has 1 amide bonds. The number of fused-ring (bicyclic) bond motifs is 1. The zero-order valence-corrected chi connectivity index (χ0v) is 21.9. The van der Waals surface area contributed by atoms with Crippen LogP contribution in [0.1, 0.15) is 12.2 Å². The molecule has 2 aromatic carbocycles. The monoisotopic (exact) mass is 547 g/mol. The molecule has 12 heteroatoms. The first kappa shape index (κ1) is 24.8. The molecular weight excluding hydrogens is 525 g/mol. The first-order chi connectivity index (χ1) is 17.1. The number of aromatic nitrogens is 2. The average molecular weight is 548 g/mol. The largest absolute Gasteiger partial charge is 0.308 e. The number of hydrogen-bond donors (Lipinski definition) is 1. The van der Waals surface area contributed by atoms with Crippen LogP contribution in [0.15, 0.2) is 59.1 Å². The summed E-state index contributed by atoms with van der Waals surface area (Å²) >= 11 is 7.08. The lowest BCUT2D eigenvalue weighted by molar-refractivity contribution is -0.118. The molecule has 1 aliphatic rings. The lowest BCUT2D eigenvalue weighted by atomic mass is 10.2. The van der Waals surface area contributed by atoms with Crippen molar-refractivity contribution in [3.05, 3.63) is 71.5 Å². The van der Waals surface area contributed by atoms with Crippen molar-refractivity contribution in [3.8, 4) is 5.69 Å². The van der Waals surface area contributed by atoms with Crippen LogP contribution in [0.2, 0.25) is 5.02 Å². The van der Waals surface area contributed by atoms with E-state index < -0.39 is 27.8 Å². The maximum absolute atomic E-state index is 15.2. The summed E-state index contributed by atoms with van der Waals surface area (Å²) in [5.41, 5.74) is 0.690. The van der Waals surface area contributed by atoms with Crippen LogP contribution >= 0.6 is 22.9 Å². The summed E-state index contributed by atoms with van der Waals surface area (Å²) in [6.45, 7) is 0.775. The second kappa shape index (κ2) is 9.56. The number of carbonyl (C=O) groups excluding carboxylic acids is 1. The van der Waals surface area contributed by atoms with Gasteiger partial charge in [-0.25, -0.2) is 17.8 Å². The fraction of sp³-hybridized carbons (Fsp3) is 0.250. The number of nitrogens with one attached hydrogen (secondary N) is 1. The van der Waals surface area contributed by atoms with Gasteiger partial charge in [0, 0.05) is 40.4 Å². The molecule has 1 aliphatic heterocycles. The number of carbonyl (C=O) groups is 1. The zero-order valence-electron chi connectivity index (χ0n) is 19.5. The van der Waals surface area contributed by atoms with E-state index in [2.05, 4.69) is 9.71 Å². The van der Waals surface area contributed by atoms with Gasteiger partial charge in [-0.15, -0.1) is 11.3 Å². The summed E-state index contributed by atoms with van der Waals surface area (Å²) in [6.07, 6.45) is 3.63. The minimum atomic E-state index is -3.95. The molecule has 8 nitrogen and oxygen atoms in total. The molecular formula is C24H23ClFN5O3S2. The Morgan fingerprint density at radius 3 is 2.78 bits per heavy atom. The summed E-state index contributed by atoms with van der Waals surface area (Å²) in [5, 5.41) is 1.26. The third-order valence-corrected chi connectivity index (χ3v) is 9.18. The van der Waals surface area contributed by atoms with Gasteiger partial charge in [-0.1, -0.05) is 17.7 Å². The van der Waals surface area contributed by atoms with Gasteiger partial charge in [-0.3, -0.25) is 4.79 Å². The summed E-state index contributed by atoms with van der Waals surface area (Å²) in [4.78, 5) is 20.6. The summed E-state index contributed by atoms with van der Waals surface area (Å²) in [6, 6.07) is 10.3. The molecule has 5 rings (SSSR count). The van der Waals surface area contributed by atoms with Gasteiger partial charge in [0.1, 0.15) is 21.9 Å². The fourth-order valence-corrected chi connectivity index (χ4v) is 7.13. The molecule has 1 saturated heterocycles. The Hall–Kier alpha value is -2.83. The first-order valence-corrected chi connectivity index (χ1v) is 13.8. The Kier molecular flexibility index (Phi) is 6.60. The molecule has 1 N–H and O–H groups in total. The Morgan fingerprint density at radius 1 is 1.22 bits per heavy atom. The Labute approximate surface area is 217 Å². The van der Waals surface area contributed by atoms with E-state index >= 15 is 4.39 Å². The molecule has 36 heavy (non-hydrogen) atoms. The standard InChI is InChI=1S/C24H23ClFN5O3S2/c1-29(2)14-22-27-8-10-30(22)17-5-6-20(18(26)13-17)31-9-7-19(24(31)32)28-36(33,34)23-11-15-3-4-16(25)12-21(15)35-23/h3-6,8,10-13,19,28H,7,9,14H2,1-2H3/t19-/m0/s1. The Bertz CT molecular complexity index is 1570. The fourth-order valence-electron chi connectivity index (χ4n) is 4.22. The third-order valence-electron chi connectivity index (χ3n) is 5.90. The summed E-state index contributed by atoms with van der Waals surface area (Å²) in [5.74, 6) is -0.317. The van der Waals surface area contributed by atoms with Crippen molar-refractivity contribution in [2.24, 2.45) is 0 Å². The highest BCUT2D eigenvalue weighted by atomic mass is 35.5. The predicted octanol–water partition coefficient (Wildman–Crippen LogP) is 4.02. The molecule has 0 aliphatic carbocycles. The quantitative estimate of drug-likeness (QED) is 0.377. The van der Waals surface area contributed by atoms with Gasteiger partial charge in [0.2, 0.25) is 5.91 Å². The molecule has 0 saturated carbocycles. The normalized spacial score (nSPS) is 16.5. The minimum Gasteiger partial charge on any atom is -0.308 e. The minimum absolute atomic E-state index is 0.0930. The highest BCUT2D eigenvalue weighted by Crippen LogP contribution is 2.32. The number of halogens is 2. The number of amides is 1. The van der Waals surface area contributed by atoms with Crippen LogP contribution in [0.5, 0.6) is 0 Å². The van der Waals surface area contributed by atoms with E-state index in [1.807, 2.05) is 19.0 Å². The molecule has 0 radical (unpaired) electrons. The second-order valence-electron chi connectivity index (χ2n) is 8.79. The Balaban J connectivity index is 1.34. The van der Waals surface area contributed by atoms with E-state index in [4.69, 9.17) is 11.6 Å². The second-order valence-corrected chi connectivity index (χ2v) is 12.2. The van der Waals surface area contributed by atoms with Crippen LogP contribution in [-0.2, 0) is 21.4 Å². The molecule has 4 aromatic rings. The topological polar surface area (TPSA) is 87.5 Å². The highest BCUT2D eigenvalue weighted by Gasteiger charge is 2.37. The van der Waals surface area contributed by atoms with Crippen molar-refractivity contribution in [1.29, 1.82) is 0 Å². The maximum Gasteiger partial charge on any atom is 0.250 e. The predicted molar refractivity (Wildman–Crippen MR) is 139 cm³/mol. The van der Waals surface area contributed by atoms with Crippen LogP contribution in [0, 0.1) is 5.82 Å². The molecule has 0 spiro atoms. The van der Waals surface area contributed by atoms with Gasteiger partial charge in [0.25, 0.3) is 10.0 Å². The van der Waals surface area contributed by atoms with Crippen molar-refractivity contribution in [1.82, 2.24) is 19.2 Å². The average Bonchev–Trinajstić information content (AvgIpc) is 3.53. The van der Waals surface area contributed by atoms with Crippen molar-refractivity contribution < 1.29 is 17.6 Å². The van der Waals surface area contributed by atoms with Crippen molar-refractivity contribution in [2.45, 2.75) is 23.2 Å². The van der Waals surface area contributed by atoms with E-state index in [1.54, 1.807) is 47.3 Å². The molecule has 1 atom stereocenters. The lowest BCUT2D eigenvalue weighted by Crippen LogP contribution is -2.41. The third kappa shape index (κ3) is 4.76. The maximum atomic E-state index is 15.2. The number of rotatable bonds is 7. The number of nitrogens with zero attached hydrogens (tertiary/aromatic N) is 4. The Morgan fingerprint density at radius 2 is 2.03 bits per heavy atom. The van der Waals surface area contributed by atoms with Crippen molar-refractivity contribution in [2.75, 3.05) is 25.5 Å². The summed E-state index contributed by atoms with van der Waals surface area (Å²) in [7, 11) is -0.110. The summed E-state index contributed by atoms with van der Waals surface area (Å²) < 4.78 is 46.2. The van der Waals surface area contributed by atoms with E-state index in [1.165, 1.54) is 17.0 Å². The first-order valence-electron chi connectivity index (χ1n) is 11.1. The SMILES string of the molecule is CN(C)Cc1nccn1-c1ccc(N2CC[C@H](NS(=O)(=O)c3cc4ccc(Cl)cc4s3)C2=O)c(F)c1. The molecule has 2 aromatic heterocycles. The molecule has 0 unspecified atom stereocenters. The smallest absolute Gasteiger partial charge is 0.250 e. The number of hydrogen-bond acceptors (Lipinski definition) is 6. The molecule has 1 fully saturated rings. The van der Waals surface area contributed by atoms with E-state index in [0.717, 1.165) is 27.2 Å². The van der Waals surface area contributed by atoms with Gasteiger partial charge in [0.15, 0.2) is 0 Å².